The Balaban J connectivity index is 1.02. The minimum atomic E-state index is -4.42. The molecule has 2 amide bonds. The summed E-state index contributed by atoms with van der Waals surface area (Å²) in [4.78, 5) is 29.4. The molecule has 0 bridgehead atoms. The van der Waals surface area contributed by atoms with Crippen LogP contribution in [-0.2, 0) is 14.2 Å². The van der Waals surface area contributed by atoms with E-state index in [4.69, 9.17) is 14.2 Å². The molecule has 12 heteroatoms. The quantitative estimate of drug-likeness (QED) is 0.312. The lowest BCUT2D eigenvalue weighted by molar-refractivity contribution is -0.186. The second-order valence-corrected chi connectivity index (χ2v) is 20.2. The highest BCUT2D eigenvalue weighted by molar-refractivity contribution is 5.69. The lowest BCUT2D eigenvalue weighted by Crippen LogP contribution is -2.61. The summed E-state index contributed by atoms with van der Waals surface area (Å²) in [7, 11) is 0. The van der Waals surface area contributed by atoms with Gasteiger partial charge in [0.15, 0.2) is 0 Å². The van der Waals surface area contributed by atoms with Gasteiger partial charge in [-0.15, -0.1) is 0 Å². The first-order valence-corrected chi connectivity index (χ1v) is 20.8. The van der Waals surface area contributed by atoms with E-state index in [2.05, 4.69) is 60.7 Å². The normalized spacial score (nSPS) is 49.0. The number of aliphatic hydroxyl groups is 1. The topological polar surface area (TPSA) is 101 Å². The van der Waals surface area contributed by atoms with E-state index in [1.165, 1.54) is 4.90 Å². The van der Waals surface area contributed by atoms with E-state index in [0.717, 1.165) is 58.0 Å². The molecule has 3 saturated heterocycles. The smallest absolute Gasteiger partial charge is 0.410 e. The number of fused-ring (bicyclic) bond motifs is 4. The maximum absolute atomic E-state index is 13.5. The number of carbonyl (C=O) groups is 2. The summed E-state index contributed by atoms with van der Waals surface area (Å²) < 4.78 is 59.8. The Bertz CT molecular complexity index is 1470. The number of amides is 2. The van der Waals surface area contributed by atoms with Crippen molar-refractivity contribution in [2.24, 2.45) is 62.6 Å². The van der Waals surface area contributed by atoms with E-state index in [0.29, 0.717) is 30.1 Å². The number of hydrogen-bond acceptors (Lipinski definition) is 7. The SMILES string of the molecule is CC(C)C(OC(=O)N1CCC1)C1CC(C)C2C(O1)C(O)C1(C)C3CCC4C(C)(C)C(OC(=O)N5CCNC(C(F)(F)F)C5)CCC45C(C)C35CCC21C. The van der Waals surface area contributed by atoms with Gasteiger partial charge in [-0.2, -0.15) is 13.2 Å². The molecule has 2 N–H and O–H groups in total. The van der Waals surface area contributed by atoms with Crippen molar-refractivity contribution >= 4 is 12.2 Å². The first-order chi connectivity index (χ1) is 24.8. The van der Waals surface area contributed by atoms with Gasteiger partial charge in [-0.1, -0.05) is 55.4 Å². The summed E-state index contributed by atoms with van der Waals surface area (Å²) in [6.45, 7) is 19.5. The lowest BCUT2D eigenvalue weighted by Gasteiger charge is -2.63. The number of carbonyl (C=O) groups excluding carboxylic acids is 2. The lowest BCUT2D eigenvalue weighted by atomic mass is 9.41. The van der Waals surface area contributed by atoms with Crippen molar-refractivity contribution in [1.29, 1.82) is 0 Å². The Labute approximate surface area is 313 Å². The number of nitrogens with zero attached hydrogens (tertiary/aromatic N) is 2. The van der Waals surface area contributed by atoms with E-state index in [-0.39, 0.29) is 82.5 Å². The minimum absolute atomic E-state index is 0.0687. The van der Waals surface area contributed by atoms with Crippen molar-refractivity contribution in [3.05, 3.63) is 0 Å². The molecule has 0 radical (unpaired) electrons. The molecule has 9 nitrogen and oxygen atoms in total. The number of rotatable bonds is 4. The Morgan fingerprint density at radius 1 is 0.925 bits per heavy atom. The summed E-state index contributed by atoms with van der Waals surface area (Å²) in [5, 5.41) is 15.2. The van der Waals surface area contributed by atoms with Gasteiger partial charge < -0.3 is 34.4 Å². The van der Waals surface area contributed by atoms with Crippen LogP contribution in [0.5, 0.6) is 0 Å². The van der Waals surface area contributed by atoms with Crippen molar-refractivity contribution in [1.82, 2.24) is 15.1 Å². The highest BCUT2D eigenvalue weighted by atomic mass is 19.4. The van der Waals surface area contributed by atoms with Crippen molar-refractivity contribution in [2.45, 2.75) is 149 Å². The monoisotopic (exact) mass is 751 g/mol. The Kier molecular flexibility index (Phi) is 8.88. The van der Waals surface area contributed by atoms with Gasteiger partial charge in [-0.3, -0.25) is 0 Å². The zero-order chi connectivity index (χ0) is 38.3. The molecule has 8 rings (SSSR count). The fourth-order valence-electron chi connectivity index (χ4n) is 15.1. The fraction of sp³-hybridized carbons (Fsp3) is 0.951. The van der Waals surface area contributed by atoms with E-state index in [1.54, 1.807) is 4.90 Å². The summed E-state index contributed by atoms with van der Waals surface area (Å²) in [5.74, 6) is 1.66. The van der Waals surface area contributed by atoms with Gasteiger partial charge in [-0.25, -0.2) is 9.59 Å². The van der Waals surface area contributed by atoms with Crippen LogP contribution in [0.15, 0.2) is 0 Å². The zero-order valence-electron chi connectivity index (χ0n) is 33.1. The maximum atomic E-state index is 13.5. The van der Waals surface area contributed by atoms with Crippen molar-refractivity contribution < 1.29 is 42.1 Å². The van der Waals surface area contributed by atoms with Crippen molar-refractivity contribution in [2.75, 3.05) is 32.7 Å². The van der Waals surface area contributed by atoms with Gasteiger partial charge in [0.2, 0.25) is 0 Å². The molecule has 15 atom stereocenters. The van der Waals surface area contributed by atoms with Gasteiger partial charge in [0.1, 0.15) is 18.2 Å². The fourth-order valence-corrected chi connectivity index (χ4v) is 15.1. The number of likely N-dealkylation sites (tertiary alicyclic amines) is 1. The second-order valence-electron chi connectivity index (χ2n) is 20.2. The van der Waals surface area contributed by atoms with E-state index in [9.17, 15) is 27.9 Å². The Morgan fingerprint density at radius 3 is 2.25 bits per heavy atom. The summed E-state index contributed by atoms with van der Waals surface area (Å²) in [6, 6.07) is -1.74. The van der Waals surface area contributed by atoms with E-state index >= 15 is 0 Å². The number of ether oxygens (including phenoxy) is 3. The number of halogens is 3. The number of aliphatic hydroxyl groups excluding tert-OH is 1. The van der Waals surface area contributed by atoms with Crippen LogP contribution >= 0.6 is 0 Å². The maximum Gasteiger partial charge on any atom is 0.410 e. The molecule has 3 heterocycles. The van der Waals surface area contributed by atoms with Crippen molar-refractivity contribution in [3.63, 3.8) is 0 Å². The molecule has 0 aromatic heterocycles. The first kappa shape index (κ1) is 38.1. The van der Waals surface area contributed by atoms with Gasteiger partial charge in [0.05, 0.1) is 18.3 Å². The average Bonchev–Trinajstić information content (AvgIpc) is 3.53. The molecule has 8 aliphatic rings. The Hall–Kier alpha value is -1.79. The molecule has 5 aliphatic carbocycles. The van der Waals surface area contributed by atoms with Gasteiger partial charge in [0, 0.05) is 43.6 Å². The van der Waals surface area contributed by atoms with Crippen LogP contribution in [0.4, 0.5) is 22.8 Å². The van der Waals surface area contributed by atoms with Crippen LogP contribution in [0.2, 0.25) is 0 Å². The third kappa shape index (κ3) is 5.04. The van der Waals surface area contributed by atoms with Gasteiger partial charge in [-0.05, 0) is 103 Å². The van der Waals surface area contributed by atoms with Crippen LogP contribution in [-0.4, -0.2) is 103 Å². The van der Waals surface area contributed by atoms with Crippen LogP contribution in [0.3, 0.4) is 0 Å². The molecule has 15 unspecified atom stereocenters. The third-order valence-corrected chi connectivity index (χ3v) is 17.9. The second kappa shape index (κ2) is 12.4. The summed E-state index contributed by atoms with van der Waals surface area (Å²) >= 11 is 0. The standard InChI is InChI=1S/C41H64F3N3O6/c1-22(2)31(53-34(49)46-17-9-18-46)25-20-23(3)30-32(51-25)33(48)38(8)27-11-10-26-36(5,6)29(52-35(50)47-19-16-45-28(21-47)41(42,43)44)12-13-39(26)24(4)40(27,39)15-14-37(30,38)7/h22-33,45,48H,9-21H2,1-8H3. The highest BCUT2D eigenvalue weighted by Crippen LogP contribution is 2.91. The molecule has 8 fully saturated rings. The van der Waals surface area contributed by atoms with Crippen molar-refractivity contribution in [3.8, 4) is 0 Å². The first-order valence-electron chi connectivity index (χ1n) is 20.8. The third-order valence-electron chi connectivity index (χ3n) is 17.9. The molecule has 300 valence electrons. The minimum Gasteiger partial charge on any atom is -0.446 e. The van der Waals surface area contributed by atoms with Gasteiger partial charge >= 0.3 is 18.4 Å². The predicted molar refractivity (Wildman–Crippen MR) is 192 cm³/mol. The summed E-state index contributed by atoms with van der Waals surface area (Å²) in [6.07, 6.45) is 0.198. The van der Waals surface area contributed by atoms with Crippen LogP contribution in [0, 0.1) is 62.6 Å². The molecule has 5 saturated carbocycles. The molecular weight excluding hydrogens is 687 g/mol. The highest BCUT2D eigenvalue weighted by Gasteiger charge is 2.88. The molecule has 0 aromatic carbocycles. The average molecular weight is 752 g/mol. The Morgan fingerprint density at radius 2 is 1.60 bits per heavy atom. The molecule has 53 heavy (non-hydrogen) atoms. The van der Waals surface area contributed by atoms with E-state index in [1.807, 2.05) is 0 Å². The number of piperazine rings is 1. The zero-order valence-corrected chi connectivity index (χ0v) is 33.1. The predicted octanol–water partition coefficient (Wildman–Crippen LogP) is 7.25. The molecule has 0 aromatic rings. The molecule has 3 aliphatic heterocycles. The summed E-state index contributed by atoms with van der Waals surface area (Å²) in [5.41, 5.74) is -0.686. The largest absolute Gasteiger partial charge is 0.446 e. The van der Waals surface area contributed by atoms with Crippen LogP contribution in [0.1, 0.15) is 107 Å². The van der Waals surface area contributed by atoms with E-state index < -0.39 is 31.0 Å². The molecule has 2 spiro atoms. The van der Waals surface area contributed by atoms with Crippen LogP contribution < -0.4 is 5.32 Å². The van der Waals surface area contributed by atoms with Gasteiger partial charge in [0.25, 0.3) is 0 Å². The number of alkyl halides is 3. The molecular formula is C41H64F3N3O6. The number of hydrogen-bond donors (Lipinski definition) is 2. The van der Waals surface area contributed by atoms with Crippen LogP contribution in [0.25, 0.3) is 0 Å². The number of nitrogens with one attached hydrogen (secondary N) is 1.